The van der Waals surface area contributed by atoms with Crippen molar-refractivity contribution in [3.8, 4) is 23.7 Å². The third-order valence-corrected chi connectivity index (χ3v) is 5.18. The number of hydrogen-bond acceptors (Lipinski definition) is 7. The number of nitrogens with two attached hydrogens (primary N) is 1. The molecule has 4 amide bonds. The van der Waals surface area contributed by atoms with Gasteiger partial charge in [-0.05, 0) is 49.0 Å². The van der Waals surface area contributed by atoms with E-state index in [9.17, 15) is 23.2 Å². The number of nitrogens with zero attached hydrogens (tertiary/aromatic N) is 1. The molecule has 0 saturated carbocycles. The molecule has 0 bridgehead atoms. The summed E-state index contributed by atoms with van der Waals surface area (Å²) in [5, 5.41) is 15.5. The molecule has 0 spiro atoms. The van der Waals surface area contributed by atoms with Crippen molar-refractivity contribution in [2.75, 3.05) is 12.8 Å². The summed E-state index contributed by atoms with van der Waals surface area (Å²) in [5.41, 5.74) is 4.72. The highest BCUT2D eigenvalue weighted by molar-refractivity contribution is 7.15. The lowest BCUT2D eigenvalue weighted by Gasteiger charge is -2.36. The smallest absolute Gasteiger partial charge is 0.315 e. The molecule has 0 saturated heterocycles. The van der Waals surface area contributed by atoms with Gasteiger partial charge in [-0.25, -0.2) is 24.0 Å². The van der Waals surface area contributed by atoms with E-state index >= 15 is 0 Å². The van der Waals surface area contributed by atoms with Crippen LogP contribution >= 0.6 is 11.3 Å². The number of anilines is 1. The van der Waals surface area contributed by atoms with Crippen LogP contribution in [-0.4, -0.2) is 53.1 Å². The number of hydrogen-bond donors (Lipinski definition) is 6. The lowest BCUT2D eigenvalue weighted by atomic mass is 9.91. The number of hydroxylamine groups is 1. The molecule has 1 aromatic carbocycles. The van der Waals surface area contributed by atoms with Crippen LogP contribution < -0.4 is 27.2 Å². The predicted molar refractivity (Wildman–Crippen MR) is 120 cm³/mol. The molecule has 178 valence electrons. The number of amides is 4. The Morgan fingerprint density at radius 3 is 2.35 bits per heavy atom. The van der Waals surface area contributed by atoms with E-state index in [1.165, 1.54) is 54.3 Å². The number of rotatable bonds is 6. The molecule has 13 heteroatoms. The molecule has 0 aliphatic rings. The van der Waals surface area contributed by atoms with Gasteiger partial charge in [0.2, 0.25) is 0 Å². The second-order valence-corrected chi connectivity index (χ2v) is 7.87. The molecule has 2 atom stereocenters. The van der Waals surface area contributed by atoms with Gasteiger partial charge in [-0.2, -0.15) is 0 Å². The number of thiazole rings is 1. The Labute approximate surface area is 197 Å². The highest BCUT2D eigenvalue weighted by Crippen LogP contribution is 2.21. The Hall–Kier alpha value is -4.20. The molecule has 2 rings (SSSR count). The van der Waals surface area contributed by atoms with E-state index in [2.05, 4.69) is 39.3 Å². The van der Waals surface area contributed by atoms with E-state index in [-0.39, 0.29) is 5.56 Å². The number of benzene rings is 1. The summed E-state index contributed by atoms with van der Waals surface area (Å²) in [5.74, 6) is 8.57. The van der Waals surface area contributed by atoms with Gasteiger partial charge in [0.15, 0.2) is 5.13 Å². The number of aromatic nitrogens is 1. The lowest BCUT2D eigenvalue weighted by Crippen LogP contribution is -2.69. The van der Waals surface area contributed by atoms with Gasteiger partial charge >= 0.3 is 6.03 Å². The van der Waals surface area contributed by atoms with Gasteiger partial charge in [-0.1, -0.05) is 17.3 Å². The molecule has 0 fully saturated rings. The summed E-state index contributed by atoms with van der Waals surface area (Å²) >= 11 is 1.22. The number of halogens is 2. The fraction of sp³-hybridized carbons (Fsp3) is 0.238. The maximum atomic E-state index is 13.8. The van der Waals surface area contributed by atoms with Crippen LogP contribution in [0.5, 0.6) is 0 Å². The van der Waals surface area contributed by atoms with Crippen molar-refractivity contribution in [2.45, 2.75) is 24.9 Å². The standard InChI is InChI=1S/C21H20F2N6O4S/c1-21(18(22)23,28-20(32)25-2)15(17(31)29-33)27-16(30)13-9-7-12(8-10-13)5-3-4-6-14-11-26-19(24)34-14/h7-11,15,18,33H,1-2H3,(H2,24,26)(H,27,30)(H,29,31)(H2,25,28,32)/t15-,21?/m1/s1. The van der Waals surface area contributed by atoms with E-state index < -0.39 is 35.9 Å². The highest BCUT2D eigenvalue weighted by atomic mass is 32.1. The second-order valence-electron chi connectivity index (χ2n) is 6.81. The van der Waals surface area contributed by atoms with Crippen molar-refractivity contribution in [2.24, 2.45) is 0 Å². The number of carbonyl (C=O) groups is 3. The van der Waals surface area contributed by atoms with Crippen molar-refractivity contribution >= 4 is 34.3 Å². The Bertz CT molecular complexity index is 1180. The fourth-order valence-corrected chi connectivity index (χ4v) is 3.11. The summed E-state index contributed by atoms with van der Waals surface area (Å²) in [4.78, 5) is 40.8. The molecule has 7 N–H and O–H groups in total. The fourth-order valence-electron chi connectivity index (χ4n) is 2.57. The first kappa shape index (κ1) is 26.1. The molecule has 34 heavy (non-hydrogen) atoms. The summed E-state index contributed by atoms with van der Waals surface area (Å²) in [6.07, 6.45) is -1.76. The van der Waals surface area contributed by atoms with Crippen molar-refractivity contribution in [3.05, 3.63) is 46.5 Å². The summed E-state index contributed by atoms with van der Waals surface area (Å²) < 4.78 is 27.6. The molecule has 2 aromatic rings. The Morgan fingerprint density at radius 2 is 1.82 bits per heavy atom. The normalized spacial score (nSPS) is 12.6. The molecule has 1 heterocycles. The van der Waals surface area contributed by atoms with E-state index in [0.717, 1.165) is 6.92 Å². The van der Waals surface area contributed by atoms with E-state index in [4.69, 9.17) is 10.9 Å². The van der Waals surface area contributed by atoms with Crippen molar-refractivity contribution in [3.63, 3.8) is 0 Å². The largest absolute Gasteiger partial charge is 0.375 e. The second kappa shape index (κ2) is 11.6. The Balaban J connectivity index is 2.18. The Morgan fingerprint density at radius 1 is 1.18 bits per heavy atom. The van der Waals surface area contributed by atoms with Crippen LogP contribution in [0.2, 0.25) is 0 Å². The summed E-state index contributed by atoms with van der Waals surface area (Å²) in [6.45, 7) is 0.855. The van der Waals surface area contributed by atoms with Crippen molar-refractivity contribution in [1.82, 2.24) is 26.4 Å². The summed E-state index contributed by atoms with van der Waals surface area (Å²) in [6, 6.07) is 2.66. The minimum Gasteiger partial charge on any atom is -0.375 e. The third-order valence-electron chi connectivity index (χ3n) is 4.44. The maximum absolute atomic E-state index is 13.8. The molecule has 1 aromatic heterocycles. The SMILES string of the molecule is CNC(=O)NC(C)(C(F)F)[C@H](NC(=O)c1ccc(C#CC#Cc2cnc(N)s2)cc1)C(=O)NO. The first-order valence-electron chi connectivity index (χ1n) is 9.47. The van der Waals surface area contributed by atoms with Crippen LogP contribution in [0.4, 0.5) is 18.7 Å². The zero-order valence-electron chi connectivity index (χ0n) is 17.9. The molecule has 1 unspecified atom stereocenters. The number of nitrogen functional groups attached to an aromatic ring is 1. The van der Waals surface area contributed by atoms with Crippen LogP contribution in [0.15, 0.2) is 30.5 Å². The molecule has 0 aliphatic heterocycles. The number of urea groups is 1. The van der Waals surface area contributed by atoms with Crippen molar-refractivity contribution < 1.29 is 28.4 Å². The van der Waals surface area contributed by atoms with Crippen LogP contribution in [0, 0.1) is 23.7 Å². The molecular weight excluding hydrogens is 470 g/mol. The first-order chi connectivity index (χ1) is 16.1. The lowest BCUT2D eigenvalue weighted by molar-refractivity contribution is -0.135. The quantitative estimate of drug-likeness (QED) is 0.199. The minimum absolute atomic E-state index is 0.0177. The number of nitrogens with one attached hydrogen (secondary N) is 4. The molecular formula is C21H20F2N6O4S. The average Bonchev–Trinajstić information content (AvgIpc) is 3.24. The van der Waals surface area contributed by atoms with E-state index in [0.29, 0.717) is 15.6 Å². The summed E-state index contributed by atoms with van der Waals surface area (Å²) in [7, 11) is 1.19. The van der Waals surface area contributed by atoms with E-state index in [1.54, 1.807) is 0 Å². The Kier molecular flexibility index (Phi) is 8.89. The van der Waals surface area contributed by atoms with Gasteiger partial charge in [0.25, 0.3) is 18.2 Å². The first-order valence-corrected chi connectivity index (χ1v) is 10.3. The molecule has 0 aliphatic carbocycles. The van der Waals surface area contributed by atoms with Crippen LogP contribution in [0.1, 0.15) is 27.7 Å². The van der Waals surface area contributed by atoms with Gasteiger partial charge in [0.1, 0.15) is 11.6 Å². The van der Waals surface area contributed by atoms with Gasteiger partial charge in [0.05, 0.1) is 11.1 Å². The number of carbonyl (C=O) groups excluding carboxylic acids is 3. The molecule has 10 nitrogen and oxygen atoms in total. The molecule has 0 radical (unpaired) electrons. The van der Waals surface area contributed by atoms with Crippen molar-refractivity contribution in [1.29, 1.82) is 0 Å². The van der Waals surface area contributed by atoms with Crippen LogP contribution in [-0.2, 0) is 4.79 Å². The topological polar surface area (TPSA) is 158 Å². The number of alkyl halides is 2. The monoisotopic (exact) mass is 490 g/mol. The highest BCUT2D eigenvalue weighted by Gasteiger charge is 2.48. The van der Waals surface area contributed by atoms with Gasteiger partial charge in [-0.15, -0.1) is 0 Å². The zero-order valence-corrected chi connectivity index (χ0v) is 18.7. The third kappa shape index (κ3) is 6.65. The van der Waals surface area contributed by atoms with Gasteiger partial charge in [-0.3, -0.25) is 14.8 Å². The average molecular weight is 490 g/mol. The van der Waals surface area contributed by atoms with E-state index in [1.807, 2.05) is 5.32 Å². The maximum Gasteiger partial charge on any atom is 0.315 e. The van der Waals surface area contributed by atoms with Gasteiger partial charge < -0.3 is 21.7 Å². The van der Waals surface area contributed by atoms with Crippen LogP contribution in [0.25, 0.3) is 0 Å². The van der Waals surface area contributed by atoms with Gasteiger partial charge in [0, 0.05) is 18.2 Å². The minimum atomic E-state index is -3.28. The van der Waals surface area contributed by atoms with Crippen LogP contribution in [0.3, 0.4) is 0 Å². The predicted octanol–water partition coefficient (Wildman–Crippen LogP) is 0.685. The zero-order chi connectivity index (χ0) is 25.3.